The van der Waals surface area contributed by atoms with E-state index in [1.807, 2.05) is 0 Å². The van der Waals surface area contributed by atoms with Crippen LogP contribution >= 0.6 is 0 Å². The second-order valence-electron chi connectivity index (χ2n) is 12.9. The number of benzene rings is 9. The molecule has 0 aliphatic carbocycles. The van der Waals surface area contributed by atoms with Crippen molar-refractivity contribution in [3.8, 4) is 44.5 Å². The molecule has 9 aromatic carbocycles. The van der Waals surface area contributed by atoms with Crippen LogP contribution in [0, 0.1) is 0 Å². The fraction of sp³-hybridized carbons (Fsp3) is 0. The molecule has 1 heterocycles. The maximum atomic E-state index is 2.43. The molecule has 1 aliphatic rings. The van der Waals surface area contributed by atoms with Gasteiger partial charge in [-0.3, -0.25) is 0 Å². The Labute approximate surface area is 286 Å². The highest BCUT2D eigenvalue weighted by Gasteiger charge is 2.26. The van der Waals surface area contributed by atoms with E-state index in [-0.39, 0.29) is 0 Å². The quantitative estimate of drug-likeness (QED) is 0.177. The van der Waals surface area contributed by atoms with Gasteiger partial charge in [0.05, 0.1) is 11.4 Å². The van der Waals surface area contributed by atoms with Gasteiger partial charge in [-0.25, -0.2) is 0 Å². The van der Waals surface area contributed by atoms with E-state index < -0.39 is 0 Å². The Kier molecular flexibility index (Phi) is 6.25. The molecule has 0 saturated carbocycles. The molecule has 228 valence electrons. The van der Waals surface area contributed by atoms with Crippen molar-refractivity contribution < 1.29 is 0 Å². The van der Waals surface area contributed by atoms with Crippen LogP contribution < -0.4 is 4.90 Å². The Morgan fingerprint density at radius 2 is 0.714 bits per heavy atom. The van der Waals surface area contributed by atoms with Crippen LogP contribution in [-0.4, -0.2) is 0 Å². The second kappa shape index (κ2) is 11.1. The minimum absolute atomic E-state index is 1.14. The molecule has 10 rings (SSSR count). The summed E-state index contributed by atoms with van der Waals surface area (Å²) in [6.45, 7) is 0. The Morgan fingerprint density at radius 1 is 0.245 bits per heavy atom. The van der Waals surface area contributed by atoms with Crippen molar-refractivity contribution in [1.29, 1.82) is 0 Å². The summed E-state index contributed by atoms with van der Waals surface area (Å²) in [7, 11) is 0. The summed E-state index contributed by atoms with van der Waals surface area (Å²) in [5.41, 5.74) is 13.3. The summed E-state index contributed by atoms with van der Waals surface area (Å²) < 4.78 is 0. The standard InChI is InChI=1S/C48H31N/c1-2-15-36(16-3-1)49-47-24-11-10-23-44(47)40-20-7-8-21-41(40)45-28-26-35(31-48(45)49)33-14-12-13-32(29-33)34-25-27-43-39-19-5-4-17-37(39)38-18-6-9-22-42(38)46(43)30-34/h1-31H. The Bertz CT molecular complexity index is 2690. The molecule has 0 amide bonds. The van der Waals surface area contributed by atoms with Crippen LogP contribution in [0.15, 0.2) is 188 Å². The summed E-state index contributed by atoms with van der Waals surface area (Å²) in [6, 6.07) is 68.8. The molecule has 0 radical (unpaired) electrons. The van der Waals surface area contributed by atoms with Crippen LogP contribution in [0.1, 0.15) is 0 Å². The molecular weight excluding hydrogens is 591 g/mol. The first-order valence-electron chi connectivity index (χ1n) is 16.9. The molecule has 0 atom stereocenters. The monoisotopic (exact) mass is 621 g/mol. The largest absolute Gasteiger partial charge is 0.309 e. The van der Waals surface area contributed by atoms with Gasteiger partial charge in [-0.05, 0) is 102 Å². The van der Waals surface area contributed by atoms with E-state index in [0.29, 0.717) is 0 Å². The van der Waals surface area contributed by atoms with E-state index >= 15 is 0 Å². The highest BCUT2D eigenvalue weighted by atomic mass is 15.1. The van der Waals surface area contributed by atoms with Gasteiger partial charge < -0.3 is 4.90 Å². The van der Waals surface area contributed by atoms with Crippen LogP contribution in [0.3, 0.4) is 0 Å². The molecule has 0 unspecified atom stereocenters. The molecule has 49 heavy (non-hydrogen) atoms. The Morgan fingerprint density at radius 3 is 1.39 bits per heavy atom. The predicted molar refractivity (Wildman–Crippen MR) is 209 cm³/mol. The van der Waals surface area contributed by atoms with E-state index in [9.17, 15) is 0 Å². The van der Waals surface area contributed by atoms with Crippen molar-refractivity contribution in [2.45, 2.75) is 0 Å². The maximum Gasteiger partial charge on any atom is 0.0546 e. The molecule has 1 heteroatoms. The number of para-hydroxylation sites is 2. The number of hydrogen-bond acceptors (Lipinski definition) is 1. The fourth-order valence-corrected chi connectivity index (χ4v) is 7.92. The SMILES string of the molecule is c1ccc(N2c3ccccc3-c3ccccc3-c3ccc(-c4cccc(-c5ccc6c7ccccc7c7ccccc7c6c5)c4)cc32)cc1. The van der Waals surface area contributed by atoms with Gasteiger partial charge in [0.1, 0.15) is 0 Å². The number of anilines is 3. The summed E-state index contributed by atoms with van der Waals surface area (Å²) in [5.74, 6) is 0. The third kappa shape index (κ3) is 4.40. The van der Waals surface area contributed by atoms with Crippen LogP contribution in [0.25, 0.3) is 76.8 Å². The van der Waals surface area contributed by atoms with Gasteiger partial charge in [-0.2, -0.15) is 0 Å². The zero-order valence-corrected chi connectivity index (χ0v) is 26.8. The lowest BCUT2D eigenvalue weighted by molar-refractivity contribution is 1.29. The van der Waals surface area contributed by atoms with Crippen molar-refractivity contribution in [2.75, 3.05) is 4.90 Å². The smallest absolute Gasteiger partial charge is 0.0546 e. The summed E-state index contributed by atoms with van der Waals surface area (Å²) in [5, 5.41) is 7.78. The van der Waals surface area contributed by atoms with E-state index in [1.165, 1.54) is 88.2 Å². The van der Waals surface area contributed by atoms with E-state index in [4.69, 9.17) is 0 Å². The van der Waals surface area contributed by atoms with Crippen LogP contribution in [0.2, 0.25) is 0 Å². The molecule has 1 aliphatic heterocycles. The molecule has 0 fully saturated rings. The molecule has 0 aromatic heterocycles. The fourth-order valence-electron chi connectivity index (χ4n) is 7.92. The van der Waals surface area contributed by atoms with Crippen LogP contribution in [0.4, 0.5) is 17.1 Å². The Balaban J connectivity index is 1.15. The van der Waals surface area contributed by atoms with Gasteiger partial charge in [0.15, 0.2) is 0 Å². The van der Waals surface area contributed by atoms with Crippen LogP contribution in [-0.2, 0) is 0 Å². The highest BCUT2D eigenvalue weighted by molar-refractivity contribution is 6.25. The van der Waals surface area contributed by atoms with Crippen LogP contribution in [0.5, 0.6) is 0 Å². The predicted octanol–water partition coefficient (Wildman–Crippen LogP) is 13.6. The minimum atomic E-state index is 1.14. The number of nitrogens with zero attached hydrogens (tertiary/aromatic N) is 1. The average molecular weight is 622 g/mol. The molecular formula is C48H31N. The minimum Gasteiger partial charge on any atom is -0.309 e. The van der Waals surface area contributed by atoms with Gasteiger partial charge in [-0.1, -0.05) is 152 Å². The third-order valence-electron chi connectivity index (χ3n) is 10.2. The summed E-state index contributed by atoms with van der Waals surface area (Å²) in [4.78, 5) is 2.43. The first-order valence-corrected chi connectivity index (χ1v) is 16.9. The highest BCUT2D eigenvalue weighted by Crippen LogP contribution is 2.51. The molecule has 1 nitrogen and oxygen atoms in total. The van der Waals surface area contributed by atoms with Gasteiger partial charge in [-0.15, -0.1) is 0 Å². The van der Waals surface area contributed by atoms with Gasteiger partial charge in [0, 0.05) is 16.8 Å². The van der Waals surface area contributed by atoms with Crippen molar-refractivity contribution in [1.82, 2.24) is 0 Å². The van der Waals surface area contributed by atoms with Gasteiger partial charge in [0.2, 0.25) is 0 Å². The lowest BCUT2D eigenvalue weighted by Crippen LogP contribution is -2.10. The van der Waals surface area contributed by atoms with Crippen molar-refractivity contribution in [2.24, 2.45) is 0 Å². The lowest BCUT2D eigenvalue weighted by Gasteiger charge is -2.27. The van der Waals surface area contributed by atoms with E-state index in [0.717, 1.165) is 5.69 Å². The van der Waals surface area contributed by atoms with Crippen molar-refractivity contribution >= 4 is 49.4 Å². The zero-order valence-electron chi connectivity index (χ0n) is 26.8. The summed E-state index contributed by atoms with van der Waals surface area (Å²) >= 11 is 0. The molecule has 0 saturated heterocycles. The van der Waals surface area contributed by atoms with E-state index in [2.05, 4.69) is 193 Å². The topological polar surface area (TPSA) is 3.24 Å². The number of hydrogen-bond donors (Lipinski definition) is 0. The average Bonchev–Trinajstić information content (AvgIpc) is 3.30. The third-order valence-corrected chi connectivity index (χ3v) is 10.2. The second-order valence-corrected chi connectivity index (χ2v) is 12.9. The summed E-state index contributed by atoms with van der Waals surface area (Å²) in [6.07, 6.45) is 0. The van der Waals surface area contributed by atoms with Gasteiger partial charge in [0.25, 0.3) is 0 Å². The van der Waals surface area contributed by atoms with Crippen molar-refractivity contribution in [3.05, 3.63) is 188 Å². The molecule has 0 N–H and O–H groups in total. The van der Waals surface area contributed by atoms with E-state index in [1.54, 1.807) is 0 Å². The first-order chi connectivity index (χ1) is 24.3. The lowest BCUT2D eigenvalue weighted by atomic mass is 9.91. The number of fused-ring (bicyclic) bond motifs is 11. The zero-order chi connectivity index (χ0) is 32.3. The Hall–Kier alpha value is -6.44. The van der Waals surface area contributed by atoms with Crippen molar-refractivity contribution in [3.63, 3.8) is 0 Å². The molecule has 0 bridgehead atoms. The number of rotatable bonds is 3. The molecule has 0 spiro atoms. The van der Waals surface area contributed by atoms with Gasteiger partial charge >= 0.3 is 0 Å². The molecule has 9 aromatic rings. The first kappa shape index (κ1) is 27.7. The maximum absolute atomic E-state index is 2.43. The normalized spacial score (nSPS) is 12.0.